The first-order chi connectivity index (χ1) is 15.7. The molecule has 0 spiro atoms. The lowest BCUT2D eigenvalue weighted by molar-refractivity contribution is -0.153. The van der Waals surface area contributed by atoms with Gasteiger partial charge in [0.2, 0.25) is 0 Å². The lowest BCUT2D eigenvalue weighted by Crippen LogP contribution is -2.44. The van der Waals surface area contributed by atoms with Crippen LogP contribution in [-0.2, 0) is 18.6 Å². The van der Waals surface area contributed by atoms with Gasteiger partial charge in [-0.25, -0.2) is 4.79 Å². The Morgan fingerprint density at radius 3 is 2.32 bits per heavy atom. The fourth-order valence-corrected chi connectivity index (χ4v) is 5.76. The van der Waals surface area contributed by atoms with Gasteiger partial charge in [0.1, 0.15) is 12.2 Å². The van der Waals surface area contributed by atoms with Gasteiger partial charge in [-0.3, -0.25) is 0 Å². The third-order valence-electron chi connectivity index (χ3n) is 6.82. The number of carbonyl (C=O) groups excluding carboxylic acids is 1. The molecule has 0 aromatic heterocycles. The number of carbonyl (C=O) groups is 1. The fourth-order valence-electron chi connectivity index (χ4n) is 3.64. The van der Waals surface area contributed by atoms with Crippen LogP contribution in [0.2, 0.25) is 18.1 Å². The van der Waals surface area contributed by atoms with Crippen LogP contribution in [0.25, 0.3) is 0 Å². The topological polar surface area (TPSA) is 54.0 Å². The summed E-state index contributed by atoms with van der Waals surface area (Å²) in [6, 6.07) is 9.08. The molecule has 1 fully saturated rings. The second kappa shape index (κ2) is 12.0. The van der Waals surface area contributed by atoms with E-state index in [2.05, 4.69) is 76.4 Å². The van der Waals surface area contributed by atoms with Crippen LogP contribution in [0, 0.1) is 5.92 Å². The Hall–Kier alpha value is -0.743. The van der Waals surface area contributed by atoms with E-state index >= 15 is 0 Å². The molecule has 0 bridgehead atoms. The highest BCUT2D eigenvalue weighted by Gasteiger charge is 2.45. The minimum absolute atomic E-state index is 0.0462. The number of rotatable bonds is 10. The van der Waals surface area contributed by atoms with E-state index in [0.717, 1.165) is 10.8 Å². The Labute approximate surface area is 221 Å². The van der Waals surface area contributed by atoms with Crippen molar-refractivity contribution in [2.45, 2.75) is 103 Å². The average molecular weight is 603 g/mol. The highest BCUT2D eigenvalue weighted by Crippen LogP contribution is 2.38. The van der Waals surface area contributed by atoms with Crippen molar-refractivity contribution in [2.75, 3.05) is 4.43 Å². The Bertz CT molecular complexity index is 818. The second-order valence-corrected chi connectivity index (χ2v) is 17.0. The van der Waals surface area contributed by atoms with Crippen molar-refractivity contribution in [3.8, 4) is 0 Å². The number of esters is 1. The molecule has 1 aliphatic heterocycles. The van der Waals surface area contributed by atoms with Gasteiger partial charge in [-0.15, -0.1) is 0 Å². The van der Waals surface area contributed by atoms with E-state index in [0.29, 0.717) is 5.56 Å². The molecule has 0 amide bonds. The van der Waals surface area contributed by atoms with Gasteiger partial charge in [0.25, 0.3) is 0 Å². The number of halogens is 1. The van der Waals surface area contributed by atoms with E-state index in [4.69, 9.17) is 18.6 Å². The molecule has 0 aliphatic carbocycles. The Balaban J connectivity index is 2.24. The maximum atomic E-state index is 12.9. The molecule has 5 nitrogen and oxygen atoms in total. The summed E-state index contributed by atoms with van der Waals surface area (Å²) in [4.78, 5) is 12.9. The predicted octanol–water partition coefficient (Wildman–Crippen LogP) is 7.16. The van der Waals surface area contributed by atoms with Gasteiger partial charge in [0.15, 0.2) is 14.1 Å². The third-order valence-corrected chi connectivity index (χ3v) is 12.0. The highest BCUT2D eigenvalue weighted by atomic mass is 127. The van der Waals surface area contributed by atoms with E-state index in [1.165, 1.54) is 0 Å². The van der Waals surface area contributed by atoms with E-state index in [1.54, 1.807) is 12.1 Å². The summed E-state index contributed by atoms with van der Waals surface area (Å²) >= 11 is 2.34. The molecular formula is C27H43IO5Si. The fraction of sp³-hybridized carbons (Fsp3) is 0.667. The van der Waals surface area contributed by atoms with Gasteiger partial charge in [-0.05, 0) is 69.5 Å². The van der Waals surface area contributed by atoms with Crippen LogP contribution in [0.4, 0.5) is 0 Å². The lowest BCUT2D eigenvalue weighted by atomic mass is 10.0. The summed E-state index contributed by atoms with van der Waals surface area (Å²) in [5.41, 5.74) is 0.521. The van der Waals surface area contributed by atoms with Crippen LogP contribution >= 0.6 is 22.6 Å². The van der Waals surface area contributed by atoms with Crippen LogP contribution in [0.15, 0.2) is 42.5 Å². The summed E-state index contributed by atoms with van der Waals surface area (Å²) < 4.78 is 25.9. The van der Waals surface area contributed by atoms with Crippen molar-refractivity contribution in [1.29, 1.82) is 0 Å². The molecule has 192 valence electrons. The maximum Gasteiger partial charge on any atom is 0.338 e. The van der Waals surface area contributed by atoms with Crippen LogP contribution in [0.3, 0.4) is 0 Å². The van der Waals surface area contributed by atoms with E-state index in [9.17, 15) is 4.79 Å². The summed E-state index contributed by atoms with van der Waals surface area (Å²) in [6.45, 7) is 19.4. The smallest absolute Gasteiger partial charge is 0.338 e. The van der Waals surface area contributed by atoms with Gasteiger partial charge in [0, 0.05) is 10.5 Å². The number of benzene rings is 1. The normalized spacial score (nSPS) is 23.6. The molecule has 5 atom stereocenters. The highest BCUT2D eigenvalue weighted by molar-refractivity contribution is 14.1. The van der Waals surface area contributed by atoms with E-state index < -0.39 is 20.2 Å². The summed E-state index contributed by atoms with van der Waals surface area (Å²) in [5, 5.41) is 0.145. The van der Waals surface area contributed by atoms with Crippen LogP contribution in [-0.4, -0.2) is 48.9 Å². The van der Waals surface area contributed by atoms with Crippen LogP contribution in [0.1, 0.15) is 65.2 Å². The van der Waals surface area contributed by atoms with Gasteiger partial charge in [-0.2, -0.15) is 0 Å². The zero-order valence-corrected chi connectivity index (χ0v) is 25.4. The summed E-state index contributed by atoms with van der Waals surface area (Å²) in [6.07, 6.45) is 3.83. The molecule has 0 N–H and O–H groups in total. The molecule has 2 rings (SSSR count). The minimum atomic E-state index is -1.89. The zero-order valence-electron chi connectivity index (χ0n) is 22.3. The molecular weight excluding hydrogens is 559 g/mol. The molecule has 0 radical (unpaired) electrons. The quantitative estimate of drug-likeness (QED) is 0.0936. The first kappa shape index (κ1) is 29.5. The largest absolute Gasteiger partial charge is 0.452 e. The van der Waals surface area contributed by atoms with Gasteiger partial charge >= 0.3 is 5.97 Å². The maximum absolute atomic E-state index is 12.9. The SMILES string of the molecule is C[C@H](/C=C\C(OC(=O)c1ccccc1)C1OC(C)(C)O[C@H]1CCI)[C@@H](C)O[Si](C)(C)C(C)(C)C. The van der Waals surface area contributed by atoms with Gasteiger partial charge in [-0.1, -0.05) is 74.6 Å². The number of alkyl halides is 1. The van der Waals surface area contributed by atoms with Crippen molar-refractivity contribution >= 4 is 36.9 Å². The molecule has 1 aliphatic rings. The Morgan fingerprint density at radius 1 is 1.15 bits per heavy atom. The first-order valence-electron chi connectivity index (χ1n) is 12.2. The van der Waals surface area contributed by atoms with Crippen molar-refractivity contribution in [3.63, 3.8) is 0 Å². The molecule has 1 aromatic carbocycles. The molecule has 1 saturated heterocycles. The van der Waals surface area contributed by atoms with Crippen LogP contribution in [0.5, 0.6) is 0 Å². The molecule has 1 heterocycles. The monoisotopic (exact) mass is 602 g/mol. The van der Waals surface area contributed by atoms with Gasteiger partial charge < -0.3 is 18.6 Å². The lowest BCUT2D eigenvalue weighted by Gasteiger charge is -2.39. The van der Waals surface area contributed by atoms with Crippen LogP contribution < -0.4 is 0 Å². The van der Waals surface area contributed by atoms with Crippen molar-refractivity contribution in [3.05, 3.63) is 48.0 Å². The van der Waals surface area contributed by atoms with Crippen molar-refractivity contribution in [1.82, 2.24) is 0 Å². The summed E-state index contributed by atoms with van der Waals surface area (Å²) in [7, 11) is -1.89. The number of hydrogen-bond donors (Lipinski definition) is 0. The average Bonchev–Trinajstić information content (AvgIpc) is 3.04. The molecule has 7 heteroatoms. The molecule has 34 heavy (non-hydrogen) atoms. The first-order valence-corrected chi connectivity index (χ1v) is 16.6. The minimum Gasteiger partial charge on any atom is -0.452 e. The van der Waals surface area contributed by atoms with Gasteiger partial charge in [0.05, 0.1) is 11.7 Å². The number of ether oxygens (including phenoxy) is 3. The van der Waals surface area contributed by atoms with E-state index in [1.807, 2.05) is 38.1 Å². The number of hydrogen-bond acceptors (Lipinski definition) is 5. The molecule has 2 unspecified atom stereocenters. The Kier molecular flexibility index (Phi) is 10.4. The Morgan fingerprint density at radius 2 is 1.76 bits per heavy atom. The molecule has 1 aromatic rings. The third kappa shape index (κ3) is 8.15. The second-order valence-electron chi connectivity index (χ2n) is 11.2. The zero-order chi connectivity index (χ0) is 25.7. The van der Waals surface area contributed by atoms with E-state index in [-0.39, 0.29) is 35.2 Å². The summed E-state index contributed by atoms with van der Waals surface area (Å²) in [5.74, 6) is -0.947. The standard InChI is InChI=1S/C27H43IO5Si/c1-19(20(2)33-34(8,9)26(3,4)5)15-16-22(30-25(29)21-13-11-10-12-14-21)24-23(17-18-28)31-27(6,7)32-24/h10-16,19-20,22-24H,17-18H2,1-9H3/b16-15-/t19-,20-,22?,23+,24?/m1/s1. The molecule has 0 saturated carbocycles. The predicted molar refractivity (Wildman–Crippen MR) is 149 cm³/mol. The van der Waals surface area contributed by atoms with Crippen molar-refractivity contribution < 1.29 is 23.4 Å². The van der Waals surface area contributed by atoms with Crippen molar-refractivity contribution in [2.24, 2.45) is 5.92 Å².